The van der Waals surface area contributed by atoms with Crippen molar-refractivity contribution in [3.63, 3.8) is 0 Å². The molecule has 3 rings (SSSR count). The van der Waals surface area contributed by atoms with E-state index < -0.39 is 0 Å². The fourth-order valence-electron chi connectivity index (χ4n) is 3.63. The van der Waals surface area contributed by atoms with E-state index in [2.05, 4.69) is 24.3 Å². The number of benzene rings is 1. The number of nitrogens with one attached hydrogen (secondary N) is 1. The van der Waals surface area contributed by atoms with E-state index in [0.717, 1.165) is 30.6 Å². The van der Waals surface area contributed by atoms with Gasteiger partial charge in [-0.05, 0) is 55.5 Å². The van der Waals surface area contributed by atoms with Gasteiger partial charge in [-0.1, -0.05) is 31.9 Å². The highest BCUT2D eigenvalue weighted by Gasteiger charge is 2.29. The Hall–Kier alpha value is -1.56. The summed E-state index contributed by atoms with van der Waals surface area (Å²) in [5.74, 6) is 0.472. The molecule has 0 saturated heterocycles. The van der Waals surface area contributed by atoms with Crippen LogP contribution in [0.2, 0.25) is 5.02 Å². The average molecular weight is 397 g/mol. The van der Waals surface area contributed by atoms with Crippen molar-refractivity contribution in [2.45, 2.75) is 45.1 Å². The van der Waals surface area contributed by atoms with Crippen molar-refractivity contribution >= 4 is 29.9 Å². The van der Waals surface area contributed by atoms with Gasteiger partial charge in [0.05, 0.1) is 23.1 Å². The Morgan fingerprint density at radius 1 is 1.35 bits per heavy atom. The highest BCUT2D eigenvalue weighted by atomic mass is 35.5. The molecule has 3 N–H and O–H groups in total. The van der Waals surface area contributed by atoms with Gasteiger partial charge >= 0.3 is 0 Å². The molecule has 2 aromatic rings. The number of rotatable bonds is 5. The fraction of sp³-hybridized carbons (Fsp3) is 0.474. The molecule has 1 amide bonds. The molecule has 1 aromatic carbocycles. The topological polar surface area (TPSA) is 72.9 Å². The van der Waals surface area contributed by atoms with Gasteiger partial charge in [0, 0.05) is 11.1 Å². The van der Waals surface area contributed by atoms with E-state index in [-0.39, 0.29) is 30.3 Å². The Labute approximate surface area is 165 Å². The third kappa shape index (κ3) is 4.22. The molecule has 0 radical (unpaired) electrons. The normalized spacial score (nSPS) is 19.4. The van der Waals surface area contributed by atoms with Gasteiger partial charge in [-0.3, -0.25) is 4.79 Å². The summed E-state index contributed by atoms with van der Waals surface area (Å²) in [7, 11) is 0. The van der Waals surface area contributed by atoms with E-state index in [1.165, 1.54) is 0 Å². The summed E-state index contributed by atoms with van der Waals surface area (Å²) in [6.45, 7) is 4.75. The lowest BCUT2D eigenvalue weighted by atomic mass is 10.0. The predicted octanol–water partition coefficient (Wildman–Crippen LogP) is 3.93. The van der Waals surface area contributed by atoms with Gasteiger partial charge in [0.15, 0.2) is 0 Å². The minimum absolute atomic E-state index is 0. The fourth-order valence-corrected chi connectivity index (χ4v) is 3.76. The van der Waals surface area contributed by atoms with Crippen LogP contribution in [0.4, 0.5) is 0 Å². The van der Waals surface area contributed by atoms with Crippen molar-refractivity contribution in [3.8, 4) is 5.69 Å². The summed E-state index contributed by atoms with van der Waals surface area (Å²) in [4.78, 5) is 12.9. The quantitative estimate of drug-likeness (QED) is 0.803. The molecule has 0 aliphatic heterocycles. The van der Waals surface area contributed by atoms with Gasteiger partial charge in [0.2, 0.25) is 0 Å². The standard InChI is InChI=1S/C19H25ClN4O.ClH/c1-12(2)18-16(19(25)23-17-5-3-4-13(17)10-21)11-22-24(18)15-8-6-14(20)7-9-15;/h6-9,11-13,17H,3-5,10,21H2,1-2H3,(H,23,25);1H. The predicted molar refractivity (Wildman–Crippen MR) is 108 cm³/mol. The lowest BCUT2D eigenvalue weighted by Crippen LogP contribution is -2.40. The number of carbonyl (C=O) groups excluding carboxylic acids is 1. The minimum Gasteiger partial charge on any atom is -0.349 e. The van der Waals surface area contributed by atoms with Crippen LogP contribution in [0.25, 0.3) is 5.69 Å². The summed E-state index contributed by atoms with van der Waals surface area (Å²) >= 11 is 5.98. The molecule has 2 unspecified atom stereocenters. The third-order valence-electron chi connectivity index (χ3n) is 4.95. The zero-order chi connectivity index (χ0) is 18.0. The van der Waals surface area contributed by atoms with Crippen molar-refractivity contribution in [3.05, 3.63) is 46.7 Å². The van der Waals surface area contributed by atoms with Gasteiger partial charge in [0.1, 0.15) is 0 Å². The largest absolute Gasteiger partial charge is 0.349 e. The number of amides is 1. The molecule has 7 heteroatoms. The second-order valence-corrected chi connectivity index (χ2v) is 7.43. The van der Waals surface area contributed by atoms with E-state index in [4.69, 9.17) is 17.3 Å². The number of carbonyl (C=O) groups is 1. The number of hydrogen-bond acceptors (Lipinski definition) is 3. The molecular weight excluding hydrogens is 371 g/mol. The zero-order valence-electron chi connectivity index (χ0n) is 15.1. The number of halogens is 2. The van der Waals surface area contributed by atoms with Crippen molar-refractivity contribution in [1.29, 1.82) is 0 Å². The molecule has 142 valence electrons. The molecule has 0 bridgehead atoms. The lowest BCUT2D eigenvalue weighted by molar-refractivity contribution is 0.0927. The Morgan fingerprint density at radius 2 is 2.04 bits per heavy atom. The lowest BCUT2D eigenvalue weighted by Gasteiger charge is -2.20. The van der Waals surface area contributed by atoms with Crippen LogP contribution in [0.1, 0.15) is 55.1 Å². The number of nitrogens with two attached hydrogens (primary N) is 1. The van der Waals surface area contributed by atoms with Crippen LogP contribution in [0.5, 0.6) is 0 Å². The number of hydrogen-bond donors (Lipinski definition) is 2. The molecule has 1 aromatic heterocycles. The number of aromatic nitrogens is 2. The van der Waals surface area contributed by atoms with Gasteiger partial charge < -0.3 is 11.1 Å². The summed E-state index contributed by atoms with van der Waals surface area (Å²) in [6.07, 6.45) is 4.86. The highest BCUT2D eigenvalue weighted by molar-refractivity contribution is 6.30. The minimum atomic E-state index is -0.0609. The van der Waals surface area contributed by atoms with Gasteiger partial charge in [-0.25, -0.2) is 4.68 Å². The zero-order valence-corrected chi connectivity index (χ0v) is 16.7. The number of nitrogens with zero attached hydrogens (tertiary/aromatic N) is 2. The van der Waals surface area contributed by atoms with Crippen LogP contribution in [0, 0.1) is 5.92 Å². The first-order chi connectivity index (χ1) is 12.0. The van der Waals surface area contributed by atoms with Gasteiger partial charge in [-0.2, -0.15) is 5.10 Å². The molecule has 0 spiro atoms. The molecule has 1 fully saturated rings. The first-order valence-electron chi connectivity index (χ1n) is 8.86. The molecule has 1 saturated carbocycles. The van der Waals surface area contributed by atoms with E-state index in [1.807, 2.05) is 28.9 Å². The van der Waals surface area contributed by atoms with Crippen LogP contribution in [-0.4, -0.2) is 28.3 Å². The van der Waals surface area contributed by atoms with Crippen molar-refractivity contribution < 1.29 is 4.79 Å². The average Bonchev–Trinajstić information content (AvgIpc) is 3.21. The SMILES string of the molecule is CC(C)c1c(C(=O)NC2CCCC2CN)cnn1-c1ccc(Cl)cc1.Cl. The maximum absolute atomic E-state index is 12.9. The van der Waals surface area contributed by atoms with E-state index in [9.17, 15) is 4.79 Å². The Balaban J connectivity index is 0.00000243. The van der Waals surface area contributed by atoms with Crippen LogP contribution in [-0.2, 0) is 0 Å². The summed E-state index contributed by atoms with van der Waals surface area (Å²) in [5, 5.41) is 8.31. The van der Waals surface area contributed by atoms with E-state index >= 15 is 0 Å². The van der Waals surface area contributed by atoms with E-state index in [0.29, 0.717) is 23.0 Å². The first kappa shape index (κ1) is 20.7. The molecule has 26 heavy (non-hydrogen) atoms. The van der Waals surface area contributed by atoms with Crippen LogP contribution >= 0.6 is 24.0 Å². The molecular formula is C19H26Cl2N4O. The highest BCUT2D eigenvalue weighted by Crippen LogP contribution is 2.27. The summed E-state index contributed by atoms with van der Waals surface area (Å²) in [6, 6.07) is 7.63. The first-order valence-corrected chi connectivity index (χ1v) is 9.23. The maximum Gasteiger partial charge on any atom is 0.255 e. The van der Waals surface area contributed by atoms with Crippen molar-refractivity contribution in [2.24, 2.45) is 11.7 Å². The van der Waals surface area contributed by atoms with Crippen molar-refractivity contribution in [1.82, 2.24) is 15.1 Å². The van der Waals surface area contributed by atoms with Crippen LogP contribution in [0.3, 0.4) is 0 Å². The van der Waals surface area contributed by atoms with Crippen molar-refractivity contribution in [2.75, 3.05) is 6.54 Å². The monoisotopic (exact) mass is 396 g/mol. The summed E-state index contributed by atoms with van der Waals surface area (Å²) in [5.41, 5.74) is 8.26. The van der Waals surface area contributed by atoms with Crippen LogP contribution in [0.15, 0.2) is 30.5 Å². The van der Waals surface area contributed by atoms with E-state index in [1.54, 1.807) is 6.20 Å². The smallest absolute Gasteiger partial charge is 0.255 e. The second kappa shape index (κ2) is 8.89. The van der Waals surface area contributed by atoms with Crippen LogP contribution < -0.4 is 11.1 Å². The molecule has 2 atom stereocenters. The third-order valence-corrected chi connectivity index (χ3v) is 5.20. The molecule has 1 aliphatic carbocycles. The molecule has 1 heterocycles. The summed E-state index contributed by atoms with van der Waals surface area (Å²) < 4.78 is 1.82. The Kier molecular flexibility index (Phi) is 7.09. The molecule has 1 aliphatic rings. The second-order valence-electron chi connectivity index (χ2n) is 6.99. The Bertz CT molecular complexity index is 742. The maximum atomic E-state index is 12.9. The molecule has 5 nitrogen and oxygen atoms in total. The van der Waals surface area contributed by atoms with Gasteiger partial charge in [-0.15, -0.1) is 12.4 Å². The van der Waals surface area contributed by atoms with Gasteiger partial charge in [0.25, 0.3) is 5.91 Å². The Morgan fingerprint density at radius 3 is 2.65 bits per heavy atom.